The van der Waals surface area contributed by atoms with Crippen LogP contribution in [0.5, 0.6) is 0 Å². The van der Waals surface area contributed by atoms with Crippen molar-refractivity contribution in [3.63, 3.8) is 0 Å². The van der Waals surface area contributed by atoms with Gasteiger partial charge in [0.25, 0.3) is 0 Å². The van der Waals surface area contributed by atoms with Gasteiger partial charge in [-0.25, -0.2) is 0 Å². The summed E-state index contributed by atoms with van der Waals surface area (Å²) in [5.41, 5.74) is 10.3. The van der Waals surface area contributed by atoms with Crippen molar-refractivity contribution >= 4 is 60.7 Å². The quantitative estimate of drug-likeness (QED) is 0.199. The van der Waals surface area contributed by atoms with Gasteiger partial charge in [0.15, 0.2) is 0 Å². The molecule has 0 radical (unpaired) electrons. The van der Waals surface area contributed by atoms with Gasteiger partial charge in [-0.05, 0) is 60.7 Å². The maximum absolute atomic E-state index is 2.47. The van der Waals surface area contributed by atoms with Gasteiger partial charge in [-0.15, -0.1) is 0 Å². The lowest BCUT2D eigenvalue weighted by Gasteiger charge is -2.30. The zero-order chi connectivity index (χ0) is 29.7. The number of rotatable bonds is 5. The number of para-hydroxylation sites is 7. The molecule has 0 N–H and O–H groups in total. The molecule has 3 heteroatoms. The fourth-order valence-corrected chi connectivity index (χ4v) is 7.04. The van der Waals surface area contributed by atoms with Gasteiger partial charge >= 0.3 is 0 Å². The molecule has 2 aromatic heterocycles. The molecular weight excluding hydrogens is 546 g/mol. The zero-order valence-electron chi connectivity index (χ0n) is 24.6. The molecule has 0 spiro atoms. The highest BCUT2D eigenvalue weighted by atomic mass is 15.2. The van der Waals surface area contributed by atoms with E-state index in [0.29, 0.717) is 0 Å². The van der Waals surface area contributed by atoms with Crippen LogP contribution < -0.4 is 4.90 Å². The van der Waals surface area contributed by atoms with Crippen molar-refractivity contribution in [1.29, 1.82) is 0 Å². The van der Waals surface area contributed by atoms with Crippen LogP contribution in [0.25, 0.3) is 55.0 Å². The van der Waals surface area contributed by atoms with Crippen LogP contribution in [0.2, 0.25) is 0 Å². The van der Waals surface area contributed by atoms with E-state index < -0.39 is 0 Å². The Morgan fingerprint density at radius 3 is 1.13 bits per heavy atom. The van der Waals surface area contributed by atoms with Gasteiger partial charge in [-0.1, -0.05) is 115 Å². The second-order valence-corrected chi connectivity index (χ2v) is 11.4. The molecule has 0 amide bonds. The van der Waals surface area contributed by atoms with Gasteiger partial charge in [-0.2, -0.15) is 0 Å². The standard InChI is InChI=1S/C42H29N3/c1-3-16-30(17-4-1)43(31-18-5-2-6-19-31)40-28-15-29-41(44-36-24-11-7-20-32(36)33-21-8-12-25-37(33)44)42(40)45-38-26-13-9-22-34(38)35-23-10-14-27-39(35)45/h1-29H. The van der Waals surface area contributed by atoms with E-state index in [0.717, 1.165) is 28.4 Å². The van der Waals surface area contributed by atoms with E-state index in [-0.39, 0.29) is 0 Å². The summed E-state index contributed by atoms with van der Waals surface area (Å²) in [5.74, 6) is 0. The average molecular weight is 576 g/mol. The molecule has 0 fully saturated rings. The van der Waals surface area contributed by atoms with E-state index in [9.17, 15) is 0 Å². The first-order valence-electron chi connectivity index (χ1n) is 15.4. The van der Waals surface area contributed by atoms with Gasteiger partial charge in [0.1, 0.15) is 0 Å². The number of hydrogen-bond donors (Lipinski definition) is 0. The molecule has 2 heterocycles. The number of benzene rings is 7. The monoisotopic (exact) mass is 575 g/mol. The summed E-state index contributed by atoms with van der Waals surface area (Å²) < 4.78 is 4.92. The summed E-state index contributed by atoms with van der Waals surface area (Å²) in [5, 5.41) is 4.97. The van der Waals surface area contributed by atoms with E-state index in [1.165, 1.54) is 43.6 Å². The normalized spacial score (nSPS) is 11.6. The molecule has 0 aliphatic heterocycles. The van der Waals surface area contributed by atoms with Crippen LogP contribution in [0, 0.1) is 0 Å². The van der Waals surface area contributed by atoms with Crippen LogP contribution in [0.1, 0.15) is 0 Å². The smallest absolute Gasteiger partial charge is 0.0946 e. The maximum Gasteiger partial charge on any atom is 0.0946 e. The Hall–Kier alpha value is -6.06. The molecule has 3 nitrogen and oxygen atoms in total. The molecule has 45 heavy (non-hydrogen) atoms. The molecule has 0 bridgehead atoms. The Labute approximate surface area is 261 Å². The van der Waals surface area contributed by atoms with E-state index in [4.69, 9.17) is 0 Å². The number of anilines is 3. The summed E-state index contributed by atoms with van der Waals surface area (Å²) in [6.45, 7) is 0. The first kappa shape index (κ1) is 25.4. The highest BCUT2D eigenvalue weighted by Crippen LogP contribution is 2.45. The first-order chi connectivity index (χ1) is 22.4. The molecule has 0 aliphatic rings. The third-order valence-corrected chi connectivity index (χ3v) is 8.89. The van der Waals surface area contributed by atoms with Gasteiger partial charge in [0, 0.05) is 32.9 Å². The Kier molecular flexibility index (Phi) is 5.82. The Morgan fingerprint density at radius 1 is 0.311 bits per heavy atom. The number of fused-ring (bicyclic) bond motifs is 6. The SMILES string of the molecule is c1ccc(N(c2ccccc2)c2cccc(-n3c4ccccc4c4ccccc43)c2-n2c3ccccc3c3ccccc32)cc1. The molecule has 9 rings (SSSR count). The minimum absolute atomic E-state index is 1.10. The third kappa shape index (κ3) is 3.91. The predicted octanol–water partition coefficient (Wildman–Crippen LogP) is 11.4. The first-order valence-corrected chi connectivity index (χ1v) is 15.4. The number of aromatic nitrogens is 2. The van der Waals surface area contributed by atoms with Gasteiger partial charge in [0.2, 0.25) is 0 Å². The lowest BCUT2D eigenvalue weighted by molar-refractivity contribution is 1.08. The minimum Gasteiger partial charge on any atom is -0.308 e. The molecule has 0 saturated heterocycles. The van der Waals surface area contributed by atoms with E-state index >= 15 is 0 Å². The Bertz CT molecular complexity index is 2340. The zero-order valence-corrected chi connectivity index (χ0v) is 24.6. The molecule has 0 unspecified atom stereocenters. The van der Waals surface area contributed by atoms with Gasteiger partial charge in [-0.3, -0.25) is 0 Å². The Morgan fingerprint density at radius 2 is 0.689 bits per heavy atom. The molecule has 0 atom stereocenters. The molecule has 0 aliphatic carbocycles. The second-order valence-electron chi connectivity index (χ2n) is 11.4. The van der Waals surface area contributed by atoms with Crippen molar-refractivity contribution in [2.75, 3.05) is 4.90 Å². The molecule has 0 saturated carbocycles. The summed E-state index contributed by atoms with van der Waals surface area (Å²) >= 11 is 0. The fourth-order valence-electron chi connectivity index (χ4n) is 7.04. The largest absolute Gasteiger partial charge is 0.308 e. The highest BCUT2D eigenvalue weighted by Gasteiger charge is 2.25. The van der Waals surface area contributed by atoms with Crippen molar-refractivity contribution < 1.29 is 0 Å². The van der Waals surface area contributed by atoms with E-state index in [1.807, 2.05) is 0 Å². The van der Waals surface area contributed by atoms with Crippen molar-refractivity contribution in [2.24, 2.45) is 0 Å². The van der Waals surface area contributed by atoms with Crippen molar-refractivity contribution in [3.8, 4) is 11.4 Å². The van der Waals surface area contributed by atoms with Crippen LogP contribution in [0.3, 0.4) is 0 Å². The predicted molar refractivity (Wildman–Crippen MR) is 190 cm³/mol. The summed E-state index contributed by atoms with van der Waals surface area (Å²) in [4.78, 5) is 2.39. The third-order valence-electron chi connectivity index (χ3n) is 8.89. The fraction of sp³-hybridized carbons (Fsp3) is 0. The number of nitrogens with zero attached hydrogens (tertiary/aromatic N) is 3. The van der Waals surface area contributed by atoms with Crippen LogP contribution >= 0.6 is 0 Å². The summed E-state index contributed by atoms with van der Waals surface area (Å²) in [6, 6.07) is 63.1. The lowest BCUT2D eigenvalue weighted by atomic mass is 10.1. The molecule has 7 aromatic carbocycles. The van der Waals surface area contributed by atoms with Crippen LogP contribution in [0.15, 0.2) is 176 Å². The van der Waals surface area contributed by atoms with Crippen molar-refractivity contribution in [3.05, 3.63) is 176 Å². The van der Waals surface area contributed by atoms with E-state index in [2.05, 4.69) is 190 Å². The summed E-state index contributed by atoms with van der Waals surface area (Å²) in [6.07, 6.45) is 0. The van der Waals surface area contributed by atoms with Crippen molar-refractivity contribution in [2.45, 2.75) is 0 Å². The minimum atomic E-state index is 1.10. The van der Waals surface area contributed by atoms with Crippen LogP contribution in [0.4, 0.5) is 17.1 Å². The maximum atomic E-state index is 2.47. The highest BCUT2D eigenvalue weighted by molar-refractivity contribution is 6.12. The number of hydrogen-bond acceptors (Lipinski definition) is 1. The van der Waals surface area contributed by atoms with E-state index in [1.54, 1.807) is 0 Å². The van der Waals surface area contributed by atoms with Gasteiger partial charge in [0.05, 0.1) is 39.1 Å². The molecule has 212 valence electrons. The molecular formula is C42H29N3. The van der Waals surface area contributed by atoms with Gasteiger partial charge < -0.3 is 14.0 Å². The Balaban J connectivity index is 1.49. The topological polar surface area (TPSA) is 13.1 Å². The van der Waals surface area contributed by atoms with Crippen molar-refractivity contribution in [1.82, 2.24) is 9.13 Å². The average Bonchev–Trinajstić information content (AvgIpc) is 3.62. The summed E-state index contributed by atoms with van der Waals surface area (Å²) in [7, 11) is 0. The second kappa shape index (κ2) is 10.3. The van der Waals surface area contributed by atoms with Crippen LogP contribution in [-0.2, 0) is 0 Å². The molecule has 9 aromatic rings. The lowest BCUT2D eigenvalue weighted by Crippen LogP contribution is -2.15. The van der Waals surface area contributed by atoms with Crippen LogP contribution in [-0.4, -0.2) is 9.13 Å².